The second kappa shape index (κ2) is 14.7. The fourth-order valence-corrected chi connectivity index (χ4v) is 2.59. The molecule has 0 aliphatic heterocycles. The lowest BCUT2D eigenvalue weighted by Gasteiger charge is -2.24. The Morgan fingerprint density at radius 3 is 1.88 bits per heavy atom. The van der Waals surface area contributed by atoms with Crippen LogP contribution in [-0.4, -0.2) is 51.9 Å². The molecule has 0 fully saturated rings. The Balaban J connectivity index is 2.89. The molecule has 1 aromatic rings. The Kier molecular flexibility index (Phi) is 12.4. The van der Waals surface area contributed by atoms with Gasteiger partial charge in [-0.1, -0.05) is 45.6 Å². The van der Waals surface area contributed by atoms with Gasteiger partial charge in [-0.25, -0.2) is 29.3 Å². The number of amides is 4. The summed E-state index contributed by atoms with van der Waals surface area (Å²) in [4.78, 5) is 69.0. The number of pyridine rings is 1. The van der Waals surface area contributed by atoms with Gasteiger partial charge in [-0.3, -0.25) is 14.4 Å². The van der Waals surface area contributed by atoms with Gasteiger partial charge in [-0.2, -0.15) is 0 Å². The van der Waals surface area contributed by atoms with Crippen LogP contribution >= 0.6 is 0 Å². The maximum atomic E-state index is 12.6. The average Bonchev–Trinajstić information content (AvgIpc) is 2.76. The van der Waals surface area contributed by atoms with E-state index in [0.29, 0.717) is 18.1 Å². The summed E-state index contributed by atoms with van der Waals surface area (Å²) in [6, 6.07) is 4.64. The monoisotopic (exact) mass is 452 g/mol. The van der Waals surface area contributed by atoms with Crippen LogP contribution in [0.25, 0.3) is 0 Å². The predicted molar refractivity (Wildman–Crippen MR) is 115 cm³/mol. The molecule has 0 atom stereocenters. The van der Waals surface area contributed by atoms with Gasteiger partial charge >= 0.3 is 12.2 Å². The molecule has 0 radical (unpaired) electrons. The lowest BCUT2D eigenvalue weighted by molar-refractivity contribution is -0.302. The van der Waals surface area contributed by atoms with Crippen LogP contribution in [0.2, 0.25) is 0 Å². The van der Waals surface area contributed by atoms with Gasteiger partial charge in [0.25, 0.3) is 0 Å². The lowest BCUT2D eigenvalue weighted by atomic mass is 10.2. The largest absolute Gasteiger partial charge is 0.450 e. The third kappa shape index (κ3) is 9.29. The van der Waals surface area contributed by atoms with Gasteiger partial charge in [-0.15, -0.1) is 0 Å². The molecule has 178 valence electrons. The second-order valence-corrected chi connectivity index (χ2v) is 6.98. The molecule has 0 aliphatic rings. The van der Waals surface area contributed by atoms with Gasteiger partial charge in [0.15, 0.2) is 5.82 Å². The number of hydrogen-bond acceptors (Lipinski definition) is 9. The van der Waals surface area contributed by atoms with Crippen LogP contribution in [0.3, 0.4) is 0 Å². The van der Waals surface area contributed by atoms with Crippen LogP contribution in [-0.2, 0) is 24.3 Å². The minimum Gasteiger partial charge on any atom is -0.289 e. The first-order valence-corrected chi connectivity index (χ1v) is 10.7. The summed E-state index contributed by atoms with van der Waals surface area (Å²) in [6.07, 6.45) is 3.99. The number of rotatable bonds is 12. The highest BCUT2D eigenvalue weighted by Crippen LogP contribution is 2.14. The summed E-state index contributed by atoms with van der Waals surface area (Å²) in [7, 11) is 0. The van der Waals surface area contributed by atoms with Gasteiger partial charge in [0, 0.05) is 33.1 Å². The zero-order valence-electron chi connectivity index (χ0n) is 19.1. The van der Waals surface area contributed by atoms with Crippen molar-refractivity contribution in [2.45, 2.75) is 66.2 Å². The number of hydrogen-bond donors (Lipinski definition) is 0. The Morgan fingerprint density at radius 1 is 0.844 bits per heavy atom. The minimum atomic E-state index is -1.07. The molecule has 0 aromatic carbocycles. The number of aromatic nitrogens is 1. The van der Waals surface area contributed by atoms with E-state index in [4.69, 9.17) is 14.7 Å². The Hall–Kier alpha value is -3.21. The second-order valence-electron chi connectivity index (χ2n) is 6.98. The number of carbonyl (C=O) groups is 4. The van der Waals surface area contributed by atoms with E-state index < -0.39 is 24.0 Å². The Morgan fingerprint density at radius 2 is 1.41 bits per heavy atom. The number of unbranched alkanes of at least 4 members (excludes halogenated alkanes) is 4. The molecule has 4 amide bonds. The highest BCUT2D eigenvalue weighted by Gasteiger charge is 2.27. The summed E-state index contributed by atoms with van der Waals surface area (Å²) < 4.78 is 0. The fraction of sp³-hybridized carbons (Fsp3) is 0.571. The van der Waals surface area contributed by atoms with Crippen LogP contribution in [0.5, 0.6) is 0 Å². The van der Waals surface area contributed by atoms with Crippen LogP contribution in [0, 0.1) is 0 Å². The molecule has 0 spiro atoms. The normalized spacial score (nSPS) is 10.2. The van der Waals surface area contributed by atoms with Gasteiger partial charge in [0.2, 0.25) is 11.8 Å². The molecule has 11 heteroatoms. The van der Waals surface area contributed by atoms with Crippen molar-refractivity contribution < 1.29 is 33.9 Å². The maximum absolute atomic E-state index is 12.6. The van der Waals surface area contributed by atoms with Crippen LogP contribution in [0.1, 0.15) is 66.2 Å². The van der Waals surface area contributed by atoms with Gasteiger partial charge in [-0.05, 0) is 35.2 Å². The Bertz CT molecular complexity index is 745. The zero-order chi connectivity index (χ0) is 23.9. The first-order valence-electron chi connectivity index (χ1n) is 10.7. The lowest BCUT2D eigenvalue weighted by Crippen LogP contribution is -2.42. The predicted octanol–water partition coefficient (Wildman–Crippen LogP) is 4.00. The third-order valence-electron chi connectivity index (χ3n) is 4.35. The van der Waals surface area contributed by atoms with Gasteiger partial charge in [0.1, 0.15) is 0 Å². The van der Waals surface area contributed by atoms with Gasteiger partial charge < -0.3 is 0 Å². The van der Waals surface area contributed by atoms with E-state index in [-0.39, 0.29) is 18.9 Å². The fourth-order valence-electron chi connectivity index (χ4n) is 2.59. The van der Waals surface area contributed by atoms with E-state index in [2.05, 4.69) is 4.98 Å². The number of anilines is 1. The molecule has 0 aliphatic carbocycles. The summed E-state index contributed by atoms with van der Waals surface area (Å²) in [5.74, 6) is -1.05. The zero-order valence-corrected chi connectivity index (χ0v) is 19.1. The maximum Gasteiger partial charge on any atom is 0.450 e. The molecule has 11 nitrogen and oxygen atoms in total. The number of imide groups is 2. The topological polar surface area (TPSA) is 119 Å². The van der Waals surface area contributed by atoms with Crippen molar-refractivity contribution in [1.82, 2.24) is 14.8 Å². The van der Waals surface area contributed by atoms with E-state index in [1.165, 1.54) is 26.1 Å². The van der Waals surface area contributed by atoms with Crippen molar-refractivity contribution in [3.63, 3.8) is 0 Å². The van der Waals surface area contributed by atoms with Crippen LogP contribution < -0.4 is 5.23 Å². The molecule has 1 aromatic heterocycles. The van der Waals surface area contributed by atoms with Crippen molar-refractivity contribution >= 4 is 29.8 Å². The van der Waals surface area contributed by atoms with E-state index in [0.717, 1.165) is 35.5 Å². The number of carbonyl (C=O) groups excluding carboxylic acids is 4. The van der Waals surface area contributed by atoms with Crippen molar-refractivity contribution in [3.05, 3.63) is 24.4 Å². The summed E-state index contributed by atoms with van der Waals surface area (Å²) >= 11 is 0. The van der Waals surface area contributed by atoms with Crippen molar-refractivity contribution in [3.8, 4) is 0 Å². The highest BCUT2D eigenvalue weighted by atomic mass is 17.3. The quantitative estimate of drug-likeness (QED) is 0.263. The molecule has 32 heavy (non-hydrogen) atoms. The molecule has 1 heterocycles. The first kappa shape index (κ1) is 26.8. The summed E-state index contributed by atoms with van der Waals surface area (Å²) in [6.45, 7) is 6.77. The van der Waals surface area contributed by atoms with E-state index >= 15 is 0 Å². The minimum absolute atomic E-state index is 0.0222. The van der Waals surface area contributed by atoms with Crippen LogP contribution in [0.4, 0.5) is 15.4 Å². The molecular formula is C21H32N4O7. The first-order chi connectivity index (χ1) is 15.3. The highest BCUT2D eigenvalue weighted by molar-refractivity contribution is 5.91. The van der Waals surface area contributed by atoms with Gasteiger partial charge in [0.05, 0.1) is 0 Å². The smallest absolute Gasteiger partial charge is 0.289 e. The molecular weight excluding hydrogens is 420 g/mol. The molecule has 0 bridgehead atoms. The third-order valence-corrected chi connectivity index (χ3v) is 4.35. The standard InChI is InChI=1S/C21H32N4O7/c1-5-7-11-15-23(17(3)26)20(28)30-25(19-13-9-10-14-22-19)32-31-21(29)24(18(4)27)16-12-8-6-2/h9-10,13-14H,5-8,11-12,15-16H2,1-4H3. The summed E-state index contributed by atoms with van der Waals surface area (Å²) in [5, 5.41) is 0.473. The van der Waals surface area contributed by atoms with E-state index in [1.54, 1.807) is 12.1 Å². The summed E-state index contributed by atoms with van der Waals surface area (Å²) in [5.41, 5.74) is 0. The molecule has 0 saturated heterocycles. The van der Waals surface area contributed by atoms with E-state index in [1.807, 2.05) is 13.8 Å². The molecule has 0 unspecified atom stereocenters. The Labute approximate surface area is 188 Å². The average molecular weight is 453 g/mol. The SMILES string of the molecule is CCCCCN(C(C)=O)C(=O)OON(OC(=O)N(CCCCC)C(C)=O)c1ccccn1. The van der Waals surface area contributed by atoms with Crippen molar-refractivity contribution in [2.24, 2.45) is 0 Å². The molecule has 1 rings (SSSR count). The van der Waals surface area contributed by atoms with E-state index in [9.17, 15) is 19.2 Å². The molecule has 0 N–H and O–H groups in total. The van der Waals surface area contributed by atoms with Crippen LogP contribution in [0.15, 0.2) is 24.4 Å². The van der Waals surface area contributed by atoms with Crippen molar-refractivity contribution in [1.29, 1.82) is 0 Å². The molecule has 0 saturated carbocycles. The number of nitrogens with zero attached hydrogens (tertiary/aromatic N) is 4. The van der Waals surface area contributed by atoms with Crippen molar-refractivity contribution in [2.75, 3.05) is 18.3 Å².